The number of nitrogens with zero attached hydrogens (tertiary/aromatic N) is 1. The van der Waals surface area contributed by atoms with E-state index in [0.717, 1.165) is 16.7 Å². The molecule has 1 aliphatic heterocycles. The number of imide groups is 1. The van der Waals surface area contributed by atoms with Crippen molar-refractivity contribution < 1.29 is 33.4 Å². The highest BCUT2D eigenvalue weighted by Gasteiger charge is 2.35. The zero-order valence-electron chi connectivity index (χ0n) is 15.2. The average Bonchev–Trinajstić information content (AvgIpc) is 2.95. The number of carbonyl (C=O) groups excluding carboxylic acids is 3. The van der Waals surface area contributed by atoms with Gasteiger partial charge in [0.15, 0.2) is 11.5 Å². The number of aliphatic carboxylic acids is 1. The van der Waals surface area contributed by atoms with Crippen LogP contribution in [0.1, 0.15) is 11.1 Å². The van der Waals surface area contributed by atoms with Crippen molar-refractivity contribution in [3.8, 4) is 11.5 Å². The standard InChI is InChI=1S/C20H16FNO6S/c1-27-16-8-13(4-7-15(16)28-11-18(23)24)9-17-19(25)22(20(26)29-17)10-12-2-5-14(21)6-3-12/h2-9H,10-11H2,1H3,(H,23,24)/p-1/b17-9-. The Morgan fingerprint density at radius 3 is 2.55 bits per heavy atom. The molecule has 0 atom stereocenters. The van der Waals surface area contributed by atoms with E-state index in [1.807, 2.05) is 0 Å². The number of hydrogen-bond donors (Lipinski definition) is 0. The molecule has 9 heteroatoms. The Labute approximate surface area is 169 Å². The summed E-state index contributed by atoms with van der Waals surface area (Å²) in [5.74, 6) is -1.75. The number of hydrogen-bond acceptors (Lipinski definition) is 7. The van der Waals surface area contributed by atoms with Gasteiger partial charge in [0.05, 0.1) is 24.5 Å². The molecule has 150 valence electrons. The van der Waals surface area contributed by atoms with Gasteiger partial charge in [0.2, 0.25) is 0 Å². The first kappa shape index (κ1) is 20.4. The highest BCUT2D eigenvalue weighted by Crippen LogP contribution is 2.35. The lowest BCUT2D eigenvalue weighted by molar-refractivity contribution is -0.307. The second-order valence-electron chi connectivity index (χ2n) is 5.97. The molecule has 1 saturated heterocycles. The Bertz CT molecular complexity index is 989. The highest BCUT2D eigenvalue weighted by atomic mass is 32.2. The molecule has 2 amide bonds. The maximum absolute atomic E-state index is 13.0. The van der Waals surface area contributed by atoms with Crippen LogP contribution in [0, 0.1) is 5.82 Å². The second kappa shape index (κ2) is 8.78. The number of amides is 2. The number of ether oxygens (including phenoxy) is 2. The summed E-state index contributed by atoms with van der Waals surface area (Å²) in [6.07, 6.45) is 1.53. The average molecular weight is 416 g/mol. The molecule has 0 N–H and O–H groups in total. The molecule has 7 nitrogen and oxygen atoms in total. The third-order valence-corrected chi connectivity index (χ3v) is 4.87. The largest absolute Gasteiger partial charge is 0.546 e. The van der Waals surface area contributed by atoms with E-state index in [2.05, 4.69) is 0 Å². The van der Waals surface area contributed by atoms with Crippen molar-refractivity contribution in [1.29, 1.82) is 0 Å². The molecule has 3 rings (SSSR count). The van der Waals surface area contributed by atoms with Crippen molar-refractivity contribution in [3.63, 3.8) is 0 Å². The second-order valence-corrected chi connectivity index (χ2v) is 6.96. The molecule has 2 aromatic rings. The van der Waals surface area contributed by atoms with Gasteiger partial charge < -0.3 is 19.4 Å². The summed E-state index contributed by atoms with van der Waals surface area (Å²) in [5, 5.41) is 10.1. The summed E-state index contributed by atoms with van der Waals surface area (Å²) in [7, 11) is 1.39. The first-order valence-electron chi connectivity index (χ1n) is 8.38. The van der Waals surface area contributed by atoms with Gasteiger partial charge in [-0.15, -0.1) is 0 Å². The first-order chi connectivity index (χ1) is 13.9. The molecule has 0 saturated carbocycles. The first-order valence-corrected chi connectivity index (χ1v) is 9.19. The zero-order chi connectivity index (χ0) is 21.0. The number of thioether (sulfide) groups is 1. The van der Waals surface area contributed by atoms with Crippen LogP contribution in [0.25, 0.3) is 6.08 Å². The quantitative estimate of drug-likeness (QED) is 0.639. The van der Waals surface area contributed by atoms with Gasteiger partial charge in [-0.05, 0) is 53.2 Å². The van der Waals surface area contributed by atoms with E-state index < -0.39 is 29.5 Å². The maximum atomic E-state index is 13.0. The van der Waals surface area contributed by atoms with Gasteiger partial charge in [0.25, 0.3) is 11.1 Å². The van der Waals surface area contributed by atoms with Gasteiger partial charge in [-0.3, -0.25) is 14.5 Å². The van der Waals surface area contributed by atoms with Crippen LogP contribution in [0.4, 0.5) is 9.18 Å². The summed E-state index contributed by atoms with van der Waals surface area (Å²) in [5.41, 5.74) is 1.20. The summed E-state index contributed by atoms with van der Waals surface area (Å²) < 4.78 is 23.3. The van der Waals surface area contributed by atoms with Gasteiger partial charge in [0.1, 0.15) is 12.4 Å². The Balaban J connectivity index is 1.78. The number of benzene rings is 2. The maximum Gasteiger partial charge on any atom is 0.293 e. The Hall–Kier alpha value is -3.33. The molecular weight excluding hydrogens is 401 g/mol. The van der Waals surface area contributed by atoms with E-state index in [-0.39, 0.29) is 22.9 Å². The lowest BCUT2D eigenvalue weighted by Gasteiger charge is -2.12. The smallest absolute Gasteiger partial charge is 0.293 e. The van der Waals surface area contributed by atoms with E-state index in [9.17, 15) is 23.9 Å². The van der Waals surface area contributed by atoms with Gasteiger partial charge >= 0.3 is 0 Å². The molecule has 1 fully saturated rings. The fraction of sp³-hybridized carbons (Fsp3) is 0.150. The van der Waals surface area contributed by atoms with Crippen LogP contribution < -0.4 is 14.6 Å². The Kier molecular flexibility index (Phi) is 6.18. The van der Waals surface area contributed by atoms with Crippen molar-refractivity contribution in [3.05, 3.63) is 64.3 Å². The number of rotatable bonds is 7. The van der Waals surface area contributed by atoms with E-state index in [0.29, 0.717) is 11.1 Å². The van der Waals surface area contributed by atoms with Crippen LogP contribution in [0.15, 0.2) is 47.4 Å². The molecule has 1 aliphatic rings. The summed E-state index contributed by atoms with van der Waals surface area (Å²) in [4.78, 5) is 36.7. The van der Waals surface area contributed by atoms with E-state index in [4.69, 9.17) is 9.47 Å². The zero-order valence-corrected chi connectivity index (χ0v) is 16.0. The predicted molar refractivity (Wildman–Crippen MR) is 101 cm³/mol. The minimum Gasteiger partial charge on any atom is -0.546 e. The van der Waals surface area contributed by atoms with Gasteiger partial charge in [-0.2, -0.15) is 0 Å². The monoisotopic (exact) mass is 416 g/mol. The number of carboxylic acids is 1. The van der Waals surface area contributed by atoms with E-state index in [1.165, 1.54) is 43.5 Å². The van der Waals surface area contributed by atoms with Gasteiger partial charge in [-0.25, -0.2) is 4.39 Å². The number of halogens is 1. The number of carboxylic acid groups (broad SMARTS) is 1. The third kappa shape index (κ3) is 4.94. The summed E-state index contributed by atoms with van der Waals surface area (Å²) in [6, 6.07) is 10.2. The normalized spacial score (nSPS) is 15.1. The predicted octanol–water partition coefficient (Wildman–Crippen LogP) is 2.20. The molecule has 1 heterocycles. The van der Waals surface area contributed by atoms with Crippen LogP contribution in [0.3, 0.4) is 0 Å². The van der Waals surface area contributed by atoms with Crippen molar-refractivity contribution in [2.75, 3.05) is 13.7 Å². The minimum absolute atomic E-state index is 0.0433. The molecule has 0 aromatic heterocycles. The molecule has 0 bridgehead atoms. The fourth-order valence-electron chi connectivity index (χ4n) is 2.59. The van der Waals surface area contributed by atoms with Gasteiger partial charge in [-0.1, -0.05) is 18.2 Å². The summed E-state index contributed by atoms with van der Waals surface area (Å²) in [6.45, 7) is -0.584. The molecule has 0 aliphatic carbocycles. The van der Waals surface area contributed by atoms with Gasteiger partial charge in [0, 0.05) is 0 Å². The van der Waals surface area contributed by atoms with Crippen molar-refractivity contribution in [2.24, 2.45) is 0 Å². The highest BCUT2D eigenvalue weighted by molar-refractivity contribution is 8.18. The van der Waals surface area contributed by atoms with Crippen molar-refractivity contribution in [2.45, 2.75) is 6.54 Å². The van der Waals surface area contributed by atoms with Crippen LogP contribution in [0.5, 0.6) is 11.5 Å². The molecule has 0 radical (unpaired) electrons. The SMILES string of the molecule is COc1cc(/C=C2\SC(=O)N(Cc3ccc(F)cc3)C2=O)ccc1OCC(=O)[O-]. The topological polar surface area (TPSA) is 96.0 Å². The molecule has 0 spiro atoms. The molecule has 0 unspecified atom stereocenters. The van der Waals surface area contributed by atoms with Crippen LogP contribution in [0.2, 0.25) is 0 Å². The van der Waals surface area contributed by atoms with Crippen molar-refractivity contribution >= 4 is 35.0 Å². The van der Waals surface area contributed by atoms with Crippen LogP contribution >= 0.6 is 11.8 Å². The fourth-order valence-corrected chi connectivity index (χ4v) is 3.43. The van der Waals surface area contributed by atoms with Crippen LogP contribution in [-0.2, 0) is 16.1 Å². The summed E-state index contributed by atoms with van der Waals surface area (Å²) >= 11 is 0.797. The number of carbonyl (C=O) groups is 3. The molecular formula is C20H15FNO6S-. The van der Waals surface area contributed by atoms with E-state index >= 15 is 0 Å². The van der Waals surface area contributed by atoms with E-state index in [1.54, 1.807) is 12.1 Å². The number of methoxy groups -OCH3 is 1. The lowest BCUT2D eigenvalue weighted by atomic mass is 10.1. The van der Waals surface area contributed by atoms with Crippen molar-refractivity contribution in [1.82, 2.24) is 4.90 Å². The Morgan fingerprint density at radius 2 is 1.90 bits per heavy atom. The Morgan fingerprint density at radius 1 is 1.17 bits per heavy atom. The minimum atomic E-state index is -1.37. The third-order valence-electron chi connectivity index (χ3n) is 3.96. The van der Waals surface area contributed by atoms with Crippen LogP contribution in [-0.4, -0.2) is 35.7 Å². The lowest BCUT2D eigenvalue weighted by Crippen LogP contribution is -2.29. The molecule has 29 heavy (non-hydrogen) atoms. The molecule has 2 aromatic carbocycles.